The van der Waals surface area contributed by atoms with E-state index < -0.39 is 0 Å². The first-order valence-electron chi connectivity index (χ1n) is 4.59. The lowest BCUT2D eigenvalue weighted by Gasteiger charge is -2.02. The molecule has 0 bridgehead atoms. The highest BCUT2D eigenvalue weighted by Crippen LogP contribution is 2.15. The van der Waals surface area contributed by atoms with Crippen molar-refractivity contribution in [1.82, 2.24) is 10.3 Å². The van der Waals surface area contributed by atoms with Crippen molar-refractivity contribution in [2.75, 3.05) is 18.4 Å². The lowest BCUT2D eigenvalue weighted by molar-refractivity contribution is -0.118. The van der Waals surface area contributed by atoms with Crippen LogP contribution in [0.5, 0.6) is 0 Å². The number of aryl methyl sites for hydroxylation is 1. The molecule has 0 aliphatic rings. The minimum atomic E-state index is 0.0232. The van der Waals surface area contributed by atoms with Crippen molar-refractivity contribution >= 4 is 22.4 Å². The van der Waals surface area contributed by atoms with Crippen LogP contribution < -0.4 is 10.6 Å². The van der Waals surface area contributed by atoms with Crippen molar-refractivity contribution in [2.45, 2.75) is 20.3 Å². The van der Waals surface area contributed by atoms with Crippen LogP contribution >= 0.6 is 11.3 Å². The second kappa shape index (κ2) is 5.59. The molecule has 0 aliphatic heterocycles. The number of nitrogens with one attached hydrogen (secondary N) is 2. The van der Waals surface area contributed by atoms with E-state index in [4.69, 9.17) is 0 Å². The Labute approximate surface area is 87.7 Å². The molecule has 1 aromatic rings. The number of thiazole rings is 1. The summed E-state index contributed by atoms with van der Waals surface area (Å²) >= 11 is 1.64. The zero-order valence-corrected chi connectivity index (χ0v) is 9.28. The van der Waals surface area contributed by atoms with Gasteiger partial charge in [-0.2, -0.15) is 0 Å². The fourth-order valence-electron chi connectivity index (χ4n) is 0.985. The summed E-state index contributed by atoms with van der Waals surface area (Å²) in [6.45, 7) is 5.11. The highest BCUT2D eigenvalue weighted by atomic mass is 32.1. The van der Waals surface area contributed by atoms with E-state index in [1.54, 1.807) is 11.3 Å². The van der Waals surface area contributed by atoms with Crippen molar-refractivity contribution in [2.24, 2.45) is 0 Å². The predicted molar refractivity (Wildman–Crippen MR) is 58.6 cm³/mol. The van der Waals surface area contributed by atoms with Crippen LogP contribution in [0.2, 0.25) is 0 Å². The van der Waals surface area contributed by atoms with Gasteiger partial charge in [-0.3, -0.25) is 4.79 Å². The molecular formula is C9H15N3OS. The Bertz CT molecular complexity index is 298. The Morgan fingerprint density at radius 1 is 1.57 bits per heavy atom. The fourth-order valence-corrected chi connectivity index (χ4v) is 1.67. The number of rotatable bonds is 5. The lowest BCUT2D eigenvalue weighted by atomic mass is 10.4. The summed E-state index contributed by atoms with van der Waals surface area (Å²) < 4.78 is 0. The van der Waals surface area contributed by atoms with Crippen LogP contribution in [0.4, 0.5) is 5.13 Å². The number of anilines is 1. The second-order valence-electron chi connectivity index (χ2n) is 3.04. The number of aromatic nitrogens is 1. The first-order valence-corrected chi connectivity index (χ1v) is 5.41. The summed E-state index contributed by atoms with van der Waals surface area (Å²) in [5.41, 5.74) is 0. The quantitative estimate of drug-likeness (QED) is 0.727. The Kier molecular flexibility index (Phi) is 4.39. The molecule has 1 heterocycles. The summed E-state index contributed by atoms with van der Waals surface area (Å²) in [6, 6.07) is 0. The Balaban J connectivity index is 2.07. The van der Waals surface area contributed by atoms with Crippen molar-refractivity contribution in [1.29, 1.82) is 0 Å². The van der Waals surface area contributed by atoms with Gasteiger partial charge < -0.3 is 10.6 Å². The van der Waals surface area contributed by atoms with E-state index >= 15 is 0 Å². The van der Waals surface area contributed by atoms with Gasteiger partial charge >= 0.3 is 0 Å². The molecule has 1 amide bonds. The maximum atomic E-state index is 10.5. The van der Waals surface area contributed by atoms with Crippen LogP contribution in [-0.4, -0.2) is 24.0 Å². The minimum Gasteiger partial charge on any atom is -0.361 e. The SMILES string of the molecule is CC(=O)NCCCNc1ncc(C)s1. The Morgan fingerprint density at radius 3 is 2.93 bits per heavy atom. The summed E-state index contributed by atoms with van der Waals surface area (Å²) in [7, 11) is 0. The number of carbonyl (C=O) groups is 1. The molecule has 0 atom stereocenters. The van der Waals surface area contributed by atoms with Gasteiger partial charge in [0.2, 0.25) is 5.91 Å². The van der Waals surface area contributed by atoms with E-state index in [2.05, 4.69) is 15.6 Å². The summed E-state index contributed by atoms with van der Waals surface area (Å²) in [5, 5.41) is 6.89. The molecule has 0 fully saturated rings. The van der Waals surface area contributed by atoms with Crippen LogP contribution in [0.1, 0.15) is 18.2 Å². The van der Waals surface area contributed by atoms with E-state index in [1.807, 2.05) is 13.1 Å². The molecule has 2 N–H and O–H groups in total. The van der Waals surface area contributed by atoms with Gasteiger partial charge in [0.1, 0.15) is 0 Å². The molecule has 1 aromatic heterocycles. The van der Waals surface area contributed by atoms with Gasteiger partial charge in [0, 0.05) is 31.1 Å². The number of amides is 1. The minimum absolute atomic E-state index is 0.0232. The predicted octanol–water partition coefficient (Wildman–Crippen LogP) is 1.39. The van der Waals surface area contributed by atoms with Crippen LogP contribution in [0.3, 0.4) is 0 Å². The van der Waals surface area contributed by atoms with Gasteiger partial charge in [0.25, 0.3) is 0 Å². The normalized spacial score (nSPS) is 9.86. The summed E-state index contributed by atoms with van der Waals surface area (Å²) in [4.78, 5) is 15.9. The molecule has 4 nitrogen and oxygen atoms in total. The highest BCUT2D eigenvalue weighted by Gasteiger charge is 1.96. The van der Waals surface area contributed by atoms with Crippen LogP contribution in [0.25, 0.3) is 0 Å². The first kappa shape index (κ1) is 11.0. The number of hydrogen-bond acceptors (Lipinski definition) is 4. The van der Waals surface area contributed by atoms with Gasteiger partial charge in [-0.1, -0.05) is 0 Å². The van der Waals surface area contributed by atoms with E-state index in [-0.39, 0.29) is 5.91 Å². The summed E-state index contributed by atoms with van der Waals surface area (Å²) in [5.74, 6) is 0.0232. The standard InChI is InChI=1S/C9H15N3OS/c1-7-6-12-9(14-7)11-5-3-4-10-8(2)13/h6H,3-5H2,1-2H3,(H,10,13)(H,11,12). The van der Waals surface area contributed by atoms with Crippen molar-refractivity contribution in [3.8, 4) is 0 Å². The molecule has 0 spiro atoms. The number of hydrogen-bond donors (Lipinski definition) is 2. The molecule has 0 aromatic carbocycles. The maximum Gasteiger partial charge on any atom is 0.216 e. The molecule has 0 aliphatic carbocycles. The largest absolute Gasteiger partial charge is 0.361 e. The van der Waals surface area contributed by atoms with E-state index in [9.17, 15) is 4.79 Å². The van der Waals surface area contributed by atoms with Gasteiger partial charge in [-0.25, -0.2) is 4.98 Å². The molecular weight excluding hydrogens is 198 g/mol. The Hall–Kier alpha value is -1.10. The molecule has 14 heavy (non-hydrogen) atoms. The van der Waals surface area contributed by atoms with E-state index in [1.165, 1.54) is 11.8 Å². The van der Waals surface area contributed by atoms with Crippen molar-refractivity contribution < 1.29 is 4.79 Å². The number of carbonyl (C=O) groups excluding carboxylic acids is 1. The van der Waals surface area contributed by atoms with Gasteiger partial charge in [0.15, 0.2) is 5.13 Å². The monoisotopic (exact) mass is 213 g/mol. The molecule has 0 saturated carbocycles. The smallest absolute Gasteiger partial charge is 0.216 e. The molecule has 1 rings (SSSR count). The van der Waals surface area contributed by atoms with Gasteiger partial charge in [-0.15, -0.1) is 11.3 Å². The van der Waals surface area contributed by atoms with Gasteiger partial charge in [-0.05, 0) is 13.3 Å². The zero-order valence-electron chi connectivity index (χ0n) is 8.46. The van der Waals surface area contributed by atoms with Crippen LogP contribution in [0.15, 0.2) is 6.20 Å². The van der Waals surface area contributed by atoms with Gasteiger partial charge in [0.05, 0.1) is 0 Å². The second-order valence-corrected chi connectivity index (χ2v) is 4.27. The molecule has 78 valence electrons. The topological polar surface area (TPSA) is 54.0 Å². The molecule has 5 heteroatoms. The lowest BCUT2D eigenvalue weighted by Crippen LogP contribution is -2.22. The molecule has 0 unspecified atom stereocenters. The molecule has 0 saturated heterocycles. The van der Waals surface area contributed by atoms with Crippen LogP contribution in [-0.2, 0) is 4.79 Å². The zero-order chi connectivity index (χ0) is 10.4. The highest BCUT2D eigenvalue weighted by molar-refractivity contribution is 7.15. The summed E-state index contributed by atoms with van der Waals surface area (Å²) in [6.07, 6.45) is 2.76. The van der Waals surface area contributed by atoms with Crippen molar-refractivity contribution in [3.05, 3.63) is 11.1 Å². The third-order valence-electron chi connectivity index (χ3n) is 1.62. The average molecular weight is 213 g/mol. The van der Waals surface area contributed by atoms with E-state index in [0.29, 0.717) is 6.54 Å². The maximum absolute atomic E-state index is 10.5. The third kappa shape index (κ3) is 4.23. The molecule has 0 radical (unpaired) electrons. The number of nitrogens with zero attached hydrogens (tertiary/aromatic N) is 1. The van der Waals surface area contributed by atoms with Crippen LogP contribution in [0, 0.1) is 6.92 Å². The first-order chi connectivity index (χ1) is 6.68. The Morgan fingerprint density at radius 2 is 2.36 bits per heavy atom. The van der Waals surface area contributed by atoms with E-state index in [0.717, 1.165) is 18.1 Å². The average Bonchev–Trinajstić information content (AvgIpc) is 2.50. The third-order valence-corrected chi connectivity index (χ3v) is 2.50. The van der Waals surface area contributed by atoms with Crippen molar-refractivity contribution in [3.63, 3.8) is 0 Å². The fraction of sp³-hybridized carbons (Fsp3) is 0.556.